The summed E-state index contributed by atoms with van der Waals surface area (Å²) in [6, 6.07) is 7.02. The number of hydrogen-bond donors (Lipinski definition) is 4. The molecule has 132 valence electrons. The van der Waals surface area contributed by atoms with Crippen molar-refractivity contribution in [3.63, 3.8) is 0 Å². The Kier molecular flexibility index (Phi) is 5.12. The third-order valence-corrected chi connectivity index (χ3v) is 5.02. The second-order valence-corrected chi connectivity index (χ2v) is 7.18. The first-order chi connectivity index (χ1) is 12.0. The number of H-pyrrole nitrogens is 1. The van der Waals surface area contributed by atoms with Crippen LogP contribution in [0.3, 0.4) is 0 Å². The summed E-state index contributed by atoms with van der Waals surface area (Å²) in [4.78, 5) is 23.8. The number of benzene rings is 1. The maximum absolute atomic E-state index is 12.4. The lowest BCUT2D eigenvalue weighted by atomic mass is 10.0. The molecule has 3 atom stereocenters. The van der Waals surface area contributed by atoms with Crippen molar-refractivity contribution in [3.05, 3.63) is 47.5 Å². The highest BCUT2D eigenvalue weighted by atomic mass is 32.1. The number of aromatic amines is 1. The quantitative estimate of drug-likeness (QED) is 0.537. The van der Waals surface area contributed by atoms with Gasteiger partial charge in [-0.05, 0) is 18.1 Å². The third-order valence-electron chi connectivity index (χ3n) is 3.91. The monoisotopic (exact) mass is 360 g/mol. The Hall–Kier alpha value is -2.29. The largest absolute Gasteiger partial charge is 0.383 e. The van der Waals surface area contributed by atoms with E-state index in [4.69, 9.17) is 0 Å². The lowest BCUT2D eigenvalue weighted by Gasteiger charge is -2.23. The highest BCUT2D eigenvalue weighted by Crippen LogP contribution is 2.28. The van der Waals surface area contributed by atoms with Gasteiger partial charge in [0.1, 0.15) is 16.9 Å². The van der Waals surface area contributed by atoms with Gasteiger partial charge in [-0.3, -0.25) is 4.79 Å². The van der Waals surface area contributed by atoms with Gasteiger partial charge in [0.15, 0.2) is 6.10 Å². The minimum atomic E-state index is -1.61. The van der Waals surface area contributed by atoms with Crippen LogP contribution in [-0.2, 0) is 4.79 Å². The van der Waals surface area contributed by atoms with Gasteiger partial charge in [-0.1, -0.05) is 26.0 Å². The van der Waals surface area contributed by atoms with Crippen LogP contribution in [-0.4, -0.2) is 37.2 Å². The lowest BCUT2D eigenvalue weighted by Crippen LogP contribution is -2.42. The van der Waals surface area contributed by atoms with Crippen LogP contribution >= 0.6 is 11.3 Å². The minimum absolute atomic E-state index is 0.0573. The molecule has 0 bridgehead atoms. The average molecular weight is 360 g/mol. The van der Waals surface area contributed by atoms with Crippen LogP contribution in [0.2, 0.25) is 0 Å². The first-order valence-electron chi connectivity index (χ1n) is 7.98. The first-order valence-corrected chi connectivity index (χ1v) is 8.80. The fraction of sp³-hybridized carbons (Fsp3) is 0.353. The first kappa shape index (κ1) is 17.5. The predicted molar refractivity (Wildman–Crippen MR) is 94.9 cm³/mol. The van der Waals surface area contributed by atoms with Gasteiger partial charge in [-0.25, -0.2) is 9.97 Å². The maximum atomic E-state index is 12.4. The topological polar surface area (TPSA) is 111 Å². The molecule has 3 aromatic rings. The Morgan fingerprint density at radius 2 is 2.04 bits per heavy atom. The van der Waals surface area contributed by atoms with Gasteiger partial charge in [-0.15, -0.1) is 11.3 Å². The van der Waals surface area contributed by atoms with Crippen LogP contribution in [0.15, 0.2) is 36.7 Å². The SMILES string of the molecule is CC(C)[C@H](NC(=O)[C@@H](O)[C@H](O)c1nc2ccccc2s1)c1ncc[nH]1. The van der Waals surface area contributed by atoms with E-state index in [1.54, 1.807) is 12.4 Å². The molecule has 3 rings (SSSR count). The molecule has 4 N–H and O–H groups in total. The zero-order chi connectivity index (χ0) is 18.0. The zero-order valence-corrected chi connectivity index (χ0v) is 14.7. The molecule has 0 radical (unpaired) electrons. The average Bonchev–Trinajstić information content (AvgIpc) is 3.26. The summed E-state index contributed by atoms with van der Waals surface area (Å²) < 4.78 is 0.889. The normalized spacial score (nSPS) is 15.2. The molecule has 0 saturated carbocycles. The van der Waals surface area contributed by atoms with E-state index >= 15 is 0 Å². The van der Waals surface area contributed by atoms with E-state index in [9.17, 15) is 15.0 Å². The van der Waals surface area contributed by atoms with E-state index in [0.717, 1.165) is 10.2 Å². The Labute approximate surface area is 148 Å². The molecule has 0 spiro atoms. The molecule has 2 aromatic heterocycles. The highest BCUT2D eigenvalue weighted by Gasteiger charge is 2.31. The molecule has 0 aliphatic rings. The predicted octanol–water partition coefficient (Wildman–Crippen LogP) is 1.93. The van der Waals surface area contributed by atoms with E-state index in [0.29, 0.717) is 10.8 Å². The molecule has 7 nitrogen and oxygen atoms in total. The molecule has 0 saturated heterocycles. The summed E-state index contributed by atoms with van der Waals surface area (Å²) in [5.74, 6) is -0.00576. The van der Waals surface area contributed by atoms with Gasteiger partial charge in [0.25, 0.3) is 5.91 Å². The summed E-state index contributed by atoms with van der Waals surface area (Å²) in [6.07, 6.45) is 0.269. The van der Waals surface area contributed by atoms with Gasteiger partial charge >= 0.3 is 0 Å². The molecule has 2 heterocycles. The summed E-state index contributed by atoms with van der Waals surface area (Å²) in [5, 5.41) is 23.7. The Morgan fingerprint density at radius 3 is 2.68 bits per heavy atom. The lowest BCUT2D eigenvalue weighted by molar-refractivity contribution is -0.136. The zero-order valence-electron chi connectivity index (χ0n) is 13.9. The van der Waals surface area contributed by atoms with Crippen LogP contribution < -0.4 is 5.32 Å². The fourth-order valence-electron chi connectivity index (χ4n) is 2.53. The molecular formula is C17H20N4O3S. The molecule has 8 heteroatoms. The van der Waals surface area contributed by atoms with Gasteiger partial charge in [0.05, 0.1) is 16.3 Å². The van der Waals surface area contributed by atoms with Gasteiger partial charge < -0.3 is 20.5 Å². The van der Waals surface area contributed by atoms with Crippen LogP contribution in [0.1, 0.15) is 36.8 Å². The maximum Gasteiger partial charge on any atom is 0.252 e. The smallest absolute Gasteiger partial charge is 0.252 e. The number of imidazole rings is 1. The number of hydrogen-bond acceptors (Lipinski definition) is 6. The Balaban J connectivity index is 1.74. The van der Waals surface area contributed by atoms with Crippen LogP contribution in [0.25, 0.3) is 10.2 Å². The van der Waals surface area contributed by atoms with Crippen molar-refractivity contribution in [1.82, 2.24) is 20.3 Å². The number of nitrogens with one attached hydrogen (secondary N) is 2. The molecule has 1 amide bonds. The van der Waals surface area contributed by atoms with Gasteiger partial charge in [0, 0.05) is 12.4 Å². The number of rotatable bonds is 6. The van der Waals surface area contributed by atoms with Crippen molar-refractivity contribution < 1.29 is 15.0 Å². The number of fused-ring (bicyclic) bond motifs is 1. The molecule has 0 unspecified atom stereocenters. The van der Waals surface area contributed by atoms with E-state index in [-0.39, 0.29) is 12.0 Å². The number of aliphatic hydroxyl groups is 2. The van der Waals surface area contributed by atoms with Crippen molar-refractivity contribution in [2.24, 2.45) is 5.92 Å². The summed E-state index contributed by atoms with van der Waals surface area (Å²) in [5.41, 5.74) is 0.727. The number of amides is 1. The number of para-hydroxylation sites is 1. The van der Waals surface area contributed by atoms with Crippen LogP contribution in [0, 0.1) is 5.92 Å². The third kappa shape index (κ3) is 3.71. The molecule has 0 aliphatic heterocycles. The highest BCUT2D eigenvalue weighted by molar-refractivity contribution is 7.18. The minimum Gasteiger partial charge on any atom is -0.383 e. The van der Waals surface area contributed by atoms with Gasteiger partial charge in [0.2, 0.25) is 0 Å². The summed E-state index contributed by atoms with van der Waals surface area (Å²) in [6.45, 7) is 3.87. The number of carbonyl (C=O) groups is 1. The van der Waals surface area contributed by atoms with Crippen LogP contribution in [0.4, 0.5) is 0 Å². The van der Waals surface area contributed by atoms with Gasteiger partial charge in [-0.2, -0.15) is 0 Å². The second kappa shape index (κ2) is 7.30. The van der Waals surface area contributed by atoms with E-state index < -0.39 is 18.1 Å². The number of aliphatic hydroxyl groups excluding tert-OH is 2. The number of thiazole rings is 1. The van der Waals surface area contributed by atoms with Crippen molar-refractivity contribution in [3.8, 4) is 0 Å². The molecule has 0 aliphatic carbocycles. The number of aromatic nitrogens is 3. The summed E-state index contributed by atoms with van der Waals surface area (Å²) in [7, 11) is 0. The Bertz CT molecular complexity index is 814. The van der Waals surface area contributed by atoms with E-state index in [1.807, 2.05) is 38.1 Å². The van der Waals surface area contributed by atoms with Crippen molar-refractivity contribution in [1.29, 1.82) is 0 Å². The van der Waals surface area contributed by atoms with E-state index in [1.165, 1.54) is 11.3 Å². The van der Waals surface area contributed by atoms with Crippen LogP contribution in [0.5, 0.6) is 0 Å². The number of carbonyl (C=O) groups excluding carboxylic acids is 1. The standard InChI is InChI=1S/C17H20N4O3S/c1-9(2)12(15-18-7-8-19-15)21-16(24)13(22)14(23)17-20-10-5-3-4-6-11(10)25-17/h3-9,12-14,22-23H,1-2H3,(H,18,19)(H,21,24)/t12-,13-,14-/m0/s1. The van der Waals surface area contributed by atoms with E-state index in [2.05, 4.69) is 20.3 Å². The molecule has 0 fully saturated rings. The molecule has 1 aromatic carbocycles. The second-order valence-electron chi connectivity index (χ2n) is 6.11. The Morgan fingerprint density at radius 1 is 1.28 bits per heavy atom. The molecular weight excluding hydrogens is 340 g/mol. The number of nitrogens with zero attached hydrogens (tertiary/aromatic N) is 2. The van der Waals surface area contributed by atoms with Crippen molar-refractivity contribution in [2.75, 3.05) is 0 Å². The fourth-order valence-corrected chi connectivity index (χ4v) is 3.52. The van der Waals surface area contributed by atoms with Crippen molar-refractivity contribution >= 4 is 27.5 Å². The molecule has 25 heavy (non-hydrogen) atoms. The summed E-state index contributed by atoms with van der Waals surface area (Å²) >= 11 is 1.25. The van der Waals surface area contributed by atoms with Crippen molar-refractivity contribution in [2.45, 2.75) is 32.1 Å².